The van der Waals surface area contributed by atoms with Crippen LogP contribution in [0.5, 0.6) is 0 Å². The van der Waals surface area contributed by atoms with Gasteiger partial charge >= 0.3 is 0 Å². The zero-order valence-corrected chi connectivity index (χ0v) is 15.9. The number of nitrogens with zero attached hydrogens (tertiary/aromatic N) is 1. The van der Waals surface area contributed by atoms with Crippen molar-refractivity contribution < 1.29 is 21.2 Å². The van der Waals surface area contributed by atoms with Gasteiger partial charge in [0.15, 0.2) is 9.84 Å². The molecule has 0 spiro atoms. The van der Waals surface area contributed by atoms with Crippen LogP contribution in [0, 0.1) is 12.7 Å². The van der Waals surface area contributed by atoms with Gasteiger partial charge in [0.2, 0.25) is 10.0 Å². The van der Waals surface area contributed by atoms with E-state index in [2.05, 4.69) is 0 Å². The molecule has 1 saturated heterocycles. The highest BCUT2D eigenvalue weighted by molar-refractivity contribution is 7.91. The van der Waals surface area contributed by atoms with Crippen LogP contribution in [0.4, 0.5) is 4.39 Å². The third-order valence-corrected chi connectivity index (χ3v) is 8.49. The Morgan fingerprint density at radius 2 is 1.77 bits per heavy atom. The minimum absolute atomic E-state index is 0.0166. The van der Waals surface area contributed by atoms with Crippen LogP contribution in [0.1, 0.15) is 18.4 Å². The summed E-state index contributed by atoms with van der Waals surface area (Å²) in [5, 5.41) is 0. The van der Waals surface area contributed by atoms with Gasteiger partial charge in [0, 0.05) is 12.6 Å². The molecule has 5 nitrogen and oxygen atoms in total. The van der Waals surface area contributed by atoms with E-state index in [1.54, 1.807) is 18.2 Å². The van der Waals surface area contributed by atoms with Gasteiger partial charge in [-0.05, 0) is 55.7 Å². The Labute approximate surface area is 153 Å². The predicted octanol–water partition coefficient (Wildman–Crippen LogP) is 2.76. The Kier molecular flexibility index (Phi) is 5.18. The molecule has 0 amide bonds. The fraction of sp³-hybridized carbons (Fsp3) is 0.333. The molecule has 3 rings (SSSR count). The minimum Gasteiger partial charge on any atom is -0.224 e. The molecule has 2 aromatic rings. The van der Waals surface area contributed by atoms with Crippen molar-refractivity contribution in [3.8, 4) is 0 Å². The lowest BCUT2D eigenvalue weighted by Crippen LogP contribution is -2.39. The Bertz CT molecular complexity index is 1000. The molecule has 140 valence electrons. The van der Waals surface area contributed by atoms with Crippen LogP contribution in [-0.2, 0) is 19.9 Å². The highest BCUT2D eigenvalue weighted by Crippen LogP contribution is 2.30. The summed E-state index contributed by atoms with van der Waals surface area (Å²) in [6, 6.07) is 10.9. The fourth-order valence-electron chi connectivity index (χ4n) is 3.30. The second-order valence-electron chi connectivity index (χ2n) is 6.42. The number of hydrogen-bond acceptors (Lipinski definition) is 4. The van der Waals surface area contributed by atoms with Gasteiger partial charge in [-0.2, -0.15) is 4.31 Å². The van der Waals surface area contributed by atoms with E-state index in [1.165, 1.54) is 35.5 Å². The normalized spacial score (nSPS) is 18.9. The van der Waals surface area contributed by atoms with Crippen LogP contribution in [0.25, 0.3) is 0 Å². The summed E-state index contributed by atoms with van der Waals surface area (Å²) in [6.07, 6.45) is 1.07. The highest BCUT2D eigenvalue weighted by atomic mass is 32.2. The summed E-state index contributed by atoms with van der Waals surface area (Å²) in [6.45, 7) is 1.79. The van der Waals surface area contributed by atoms with Gasteiger partial charge in [0.1, 0.15) is 5.82 Å². The molecule has 26 heavy (non-hydrogen) atoms. The maximum absolute atomic E-state index is 13.3. The molecule has 8 heteroatoms. The lowest BCUT2D eigenvalue weighted by Gasteiger charge is -2.24. The number of aryl methyl sites for hydroxylation is 1. The van der Waals surface area contributed by atoms with Crippen molar-refractivity contribution in [3.63, 3.8) is 0 Å². The van der Waals surface area contributed by atoms with E-state index < -0.39 is 31.7 Å². The SMILES string of the molecule is Cc1cc(F)ccc1S(=O)(=O)N1CCCC1CS(=O)(=O)c1ccccc1. The number of rotatable bonds is 5. The average Bonchev–Trinajstić information content (AvgIpc) is 3.03. The van der Waals surface area contributed by atoms with Gasteiger partial charge in [-0.15, -0.1) is 0 Å². The Morgan fingerprint density at radius 1 is 1.08 bits per heavy atom. The smallest absolute Gasteiger partial charge is 0.224 e. The monoisotopic (exact) mass is 397 g/mol. The van der Waals surface area contributed by atoms with Crippen molar-refractivity contribution in [1.82, 2.24) is 4.31 Å². The standard InChI is InChI=1S/C18H20FNO4S2/c1-14-12-15(19)9-10-18(14)26(23,24)20-11-5-6-16(20)13-25(21,22)17-7-3-2-4-8-17/h2-4,7-10,12,16H,5-6,11,13H2,1H3. The average molecular weight is 397 g/mol. The predicted molar refractivity (Wildman–Crippen MR) is 96.5 cm³/mol. The summed E-state index contributed by atoms with van der Waals surface area (Å²) < 4.78 is 65.8. The summed E-state index contributed by atoms with van der Waals surface area (Å²) in [5.41, 5.74) is 0.307. The molecule has 1 atom stereocenters. The summed E-state index contributed by atoms with van der Waals surface area (Å²) >= 11 is 0. The Balaban J connectivity index is 1.91. The van der Waals surface area contributed by atoms with Crippen LogP contribution in [-0.4, -0.2) is 39.5 Å². The molecule has 1 fully saturated rings. The first-order valence-electron chi connectivity index (χ1n) is 8.27. The number of hydrogen-bond donors (Lipinski definition) is 0. The molecule has 2 aromatic carbocycles. The molecule has 0 saturated carbocycles. The maximum atomic E-state index is 13.3. The zero-order valence-electron chi connectivity index (χ0n) is 14.3. The fourth-order valence-corrected chi connectivity index (χ4v) is 6.91. The van der Waals surface area contributed by atoms with Crippen LogP contribution in [0.2, 0.25) is 0 Å². The van der Waals surface area contributed by atoms with E-state index in [1.807, 2.05) is 0 Å². The first kappa shape index (κ1) is 19.0. The van der Waals surface area contributed by atoms with Crippen molar-refractivity contribution in [2.24, 2.45) is 0 Å². The highest BCUT2D eigenvalue weighted by Gasteiger charge is 2.38. The van der Waals surface area contributed by atoms with Crippen molar-refractivity contribution in [2.75, 3.05) is 12.3 Å². The molecule has 0 aliphatic carbocycles. The van der Waals surface area contributed by atoms with E-state index in [0.717, 1.165) is 6.07 Å². The number of halogens is 1. The Morgan fingerprint density at radius 3 is 2.42 bits per heavy atom. The molecule has 0 N–H and O–H groups in total. The molecular formula is C18H20FNO4S2. The molecule has 1 aliphatic heterocycles. The van der Waals surface area contributed by atoms with E-state index in [4.69, 9.17) is 0 Å². The summed E-state index contributed by atoms with van der Waals surface area (Å²) in [4.78, 5) is 0.199. The maximum Gasteiger partial charge on any atom is 0.243 e. The first-order valence-corrected chi connectivity index (χ1v) is 11.4. The van der Waals surface area contributed by atoms with E-state index in [0.29, 0.717) is 18.4 Å². The second kappa shape index (κ2) is 7.09. The molecule has 1 aliphatic rings. The van der Waals surface area contributed by atoms with E-state index >= 15 is 0 Å². The zero-order chi connectivity index (χ0) is 18.9. The van der Waals surface area contributed by atoms with Crippen molar-refractivity contribution in [1.29, 1.82) is 0 Å². The minimum atomic E-state index is -3.89. The van der Waals surface area contributed by atoms with Crippen LogP contribution in [0.3, 0.4) is 0 Å². The first-order chi connectivity index (χ1) is 12.2. The largest absolute Gasteiger partial charge is 0.243 e. The van der Waals surface area contributed by atoms with Crippen LogP contribution < -0.4 is 0 Å². The summed E-state index contributed by atoms with van der Waals surface area (Å²) in [5.74, 6) is -0.776. The number of sulfone groups is 1. The van der Waals surface area contributed by atoms with Crippen molar-refractivity contribution in [2.45, 2.75) is 35.6 Å². The summed E-state index contributed by atoms with van der Waals surface area (Å²) in [7, 11) is -7.49. The van der Waals surface area contributed by atoms with Crippen LogP contribution in [0.15, 0.2) is 58.3 Å². The lowest BCUT2D eigenvalue weighted by atomic mass is 10.2. The van der Waals surface area contributed by atoms with E-state index in [-0.39, 0.29) is 22.1 Å². The van der Waals surface area contributed by atoms with Gasteiger partial charge in [-0.1, -0.05) is 18.2 Å². The lowest BCUT2D eigenvalue weighted by molar-refractivity contribution is 0.407. The third-order valence-electron chi connectivity index (χ3n) is 4.56. The molecule has 1 heterocycles. The molecule has 0 bridgehead atoms. The van der Waals surface area contributed by atoms with E-state index in [9.17, 15) is 21.2 Å². The van der Waals surface area contributed by atoms with Gasteiger partial charge in [-0.25, -0.2) is 21.2 Å². The topological polar surface area (TPSA) is 71.5 Å². The Hall–Kier alpha value is -1.77. The van der Waals surface area contributed by atoms with Crippen molar-refractivity contribution >= 4 is 19.9 Å². The number of benzene rings is 2. The molecular weight excluding hydrogens is 377 g/mol. The van der Waals surface area contributed by atoms with Crippen molar-refractivity contribution in [3.05, 3.63) is 59.9 Å². The molecule has 1 unspecified atom stereocenters. The number of sulfonamides is 1. The van der Waals surface area contributed by atoms with Gasteiger partial charge < -0.3 is 0 Å². The second-order valence-corrected chi connectivity index (χ2v) is 10.3. The third kappa shape index (κ3) is 3.67. The van der Waals surface area contributed by atoms with Gasteiger partial charge in [0.05, 0.1) is 15.5 Å². The quantitative estimate of drug-likeness (QED) is 0.778. The van der Waals surface area contributed by atoms with Gasteiger partial charge in [-0.3, -0.25) is 0 Å². The van der Waals surface area contributed by atoms with Gasteiger partial charge in [0.25, 0.3) is 0 Å². The molecule has 0 radical (unpaired) electrons. The molecule has 0 aromatic heterocycles. The van der Waals surface area contributed by atoms with Crippen LogP contribution >= 0.6 is 0 Å².